The average Bonchev–Trinajstić information content (AvgIpc) is 3.05. The minimum absolute atomic E-state index is 0.0356. The van der Waals surface area contributed by atoms with Gasteiger partial charge in [-0.3, -0.25) is 9.36 Å². The third-order valence-electron chi connectivity index (χ3n) is 6.94. The van der Waals surface area contributed by atoms with Crippen molar-refractivity contribution < 1.29 is 9.59 Å². The molecular weight excluding hydrogens is 388 g/mol. The summed E-state index contributed by atoms with van der Waals surface area (Å²) < 4.78 is 1.85. The molecule has 2 aromatic rings. The van der Waals surface area contributed by atoms with Crippen LogP contribution in [0.4, 0.5) is 4.79 Å². The molecule has 1 aromatic heterocycles. The summed E-state index contributed by atoms with van der Waals surface area (Å²) in [6.45, 7) is 5.55. The summed E-state index contributed by atoms with van der Waals surface area (Å²) in [7, 11) is 3.57. The first-order valence-electron chi connectivity index (χ1n) is 11.2. The van der Waals surface area contributed by atoms with Gasteiger partial charge in [-0.1, -0.05) is 13.0 Å². The molecule has 1 saturated heterocycles. The number of piperidine rings is 1. The number of amides is 2. The summed E-state index contributed by atoms with van der Waals surface area (Å²) in [6, 6.07) is 5.83. The number of carbonyl (C=O) groups is 2. The third kappa shape index (κ3) is 3.34. The van der Waals surface area contributed by atoms with E-state index in [0.717, 1.165) is 67.6 Å². The predicted octanol–water partition coefficient (Wildman–Crippen LogP) is 3.85. The maximum atomic E-state index is 13.2. The molecule has 3 heterocycles. The van der Waals surface area contributed by atoms with Crippen molar-refractivity contribution >= 4 is 22.8 Å². The second-order valence-corrected chi connectivity index (χ2v) is 9.27. The Labute approximate surface area is 183 Å². The first-order chi connectivity index (χ1) is 14.9. The van der Waals surface area contributed by atoms with Crippen LogP contribution in [0.3, 0.4) is 0 Å². The van der Waals surface area contributed by atoms with Crippen molar-refractivity contribution in [2.75, 3.05) is 33.7 Å². The Morgan fingerprint density at radius 1 is 1.10 bits per heavy atom. The summed E-state index contributed by atoms with van der Waals surface area (Å²) in [6.07, 6.45) is 9.24. The average molecular weight is 419 g/mol. The number of hydrogen-bond donors (Lipinski definition) is 0. The molecule has 6 nitrogen and oxygen atoms in total. The number of fused-ring (bicyclic) bond motifs is 3. The fraction of sp³-hybridized carbons (Fsp3) is 0.440. The molecule has 0 bridgehead atoms. The van der Waals surface area contributed by atoms with E-state index in [-0.39, 0.29) is 11.9 Å². The summed E-state index contributed by atoms with van der Waals surface area (Å²) in [5.41, 5.74) is 5.09. The quantitative estimate of drug-likeness (QED) is 0.744. The second kappa shape index (κ2) is 7.59. The maximum Gasteiger partial charge on any atom is 0.328 e. The highest BCUT2D eigenvalue weighted by molar-refractivity contribution is 6.02. The molecule has 1 aliphatic carbocycles. The largest absolute Gasteiger partial charge is 0.367 e. The van der Waals surface area contributed by atoms with Crippen LogP contribution in [0.25, 0.3) is 10.9 Å². The lowest BCUT2D eigenvalue weighted by Gasteiger charge is -2.32. The van der Waals surface area contributed by atoms with Gasteiger partial charge in [-0.2, -0.15) is 0 Å². The fourth-order valence-electron chi connectivity index (χ4n) is 4.92. The Hall–Kier alpha value is -3.02. The van der Waals surface area contributed by atoms with E-state index in [0.29, 0.717) is 5.92 Å². The normalized spacial score (nSPS) is 18.6. The number of allylic oxidation sites excluding steroid dienone is 3. The topological polar surface area (TPSA) is 48.8 Å². The van der Waals surface area contributed by atoms with Crippen LogP contribution in [0.1, 0.15) is 41.4 Å². The highest BCUT2D eigenvalue weighted by Crippen LogP contribution is 2.34. The van der Waals surface area contributed by atoms with Crippen molar-refractivity contribution in [1.82, 2.24) is 19.3 Å². The van der Waals surface area contributed by atoms with Gasteiger partial charge in [-0.05, 0) is 49.1 Å². The van der Waals surface area contributed by atoms with Gasteiger partial charge in [0, 0.05) is 74.6 Å². The first kappa shape index (κ1) is 19.9. The van der Waals surface area contributed by atoms with E-state index in [1.807, 2.05) is 27.7 Å². The molecule has 2 amide bonds. The summed E-state index contributed by atoms with van der Waals surface area (Å²) >= 11 is 0. The highest BCUT2D eigenvalue weighted by atomic mass is 16.2. The van der Waals surface area contributed by atoms with Crippen LogP contribution in [0.2, 0.25) is 0 Å². The van der Waals surface area contributed by atoms with Gasteiger partial charge in [0.05, 0.1) is 5.52 Å². The summed E-state index contributed by atoms with van der Waals surface area (Å²) in [5.74, 6) is 0.789. The summed E-state index contributed by atoms with van der Waals surface area (Å²) in [4.78, 5) is 32.2. The van der Waals surface area contributed by atoms with Gasteiger partial charge in [0.2, 0.25) is 0 Å². The lowest BCUT2D eigenvalue weighted by atomic mass is 9.98. The monoisotopic (exact) mass is 418 g/mol. The Morgan fingerprint density at radius 2 is 1.84 bits per heavy atom. The van der Waals surface area contributed by atoms with E-state index in [1.165, 1.54) is 11.3 Å². The van der Waals surface area contributed by atoms with E-state index in [2.05, 4.69) is 30.1 Å². The molecule has 31 heavy (non-hydrogen) atoms. The molecule has 0 radical (unpaired) electrons. The van der Waals surface area contributed by atoms with Crippen LogP contribution < -0.4 is 0 Å². The number of rotatable bonds is 2. The van der Waals surface area contributed by atoms with Gasteiger partial charge in [0.1, 0.15) is 0 Å². The van der Waals surface area contributed by atoms with Crippen molar-refractivity contribution in [3.63, 3.8) is 0 Å². The van der Waals surface area contributed by atoms with Gasteiger partial charge in [-0.25, -0.2) is 4.79 Å². The van der Waals surface area contributed by atoms with E-state index in [4.69, 9.17) is 0 Å². The number of nitrogens with zero attached hydrogens (tertiary/aromatic N) is 4. The lowest BCUT2D eigenvalue weighted by molar-refractivity contribution is 0.0697. The molecule has 0 saturated carbocycles. The van der Waals surface area contributed by atoms with E-state index in [9.17, 15) is 9.59 Å². The van der Waals surface area contributed by atoms with Crippen molar-refractivity contribution in [2.45, 2.75) is 32.7 Å². The lowest BCUT2D eigenvalue weighted by Crippen LogP contribution is -2.37. The molecule has 0 spiro atoms. The van der Waals surface area contributed by atoms with Crippen LogP contribution in [-0.4, -0.2) is 64.9 Å². The highest BCUT2D eigenvalue weighted by Gasteiger charge is 2.29. The molecular formula is C25H30N4O2. The fourth-order valence-corrected chi connectivity index (χ4v) is 4.92. The van der Waals surface area contributed by atoms with Gasteiger partial charge in [0.25, 0.3) is 5.91 Å². The zero-order chi connectivity index (χ0) is 21.7. The molecule has 0 unspecified atom stereocenters. The van der Waals surface area contributed by atoms with Crippen LogP contribution in [0.15, 0.2) is 42.1 Å². The first-order valence-corrected chi connectivity index (χ1v) is 11.2. The number of carbonyl (C=O) groups excluding carboxylic acids is 2. The van der Waals surface area contributed by atoms with E-state index in [1.54, 1.807) is 19.0 Å². The zero-order valence-corrected chi connectivity index (χ0v) is 18.6. The van der Waals surface area contributed by atoms with E-state index < -0.39 is 0 Å². The van der Waals surface area contributed by atoms with Crippen molar-refractivity contribution in [3.05, 3.63) is 58.9 Å². The van der Waals surface area contributed by atoms with Crippen LogP contribution in [0.5, 0.6) is 0 Å². The molecule has 1 fully saturated rings. The van der Waals surface area contributed by atoms with Crippen molar-refractivity contribution in [3.8, 4) is 0 Å². The number of benzene rings is 1. The Kier molecular flexibility index (Phi) is 4.88. The Morgan fingerprint density at radius 3 is 2.48 bits per heavy atom. The standard InChI is InChI=1S/C25H30N4O2/c1-17-9-12-27(13-10-17)24(30)18-7-8-22-20(15-18)21-16-28(19-5-4-6-19)14-11-23(21)29(22)25(31)26(2)3/h4-8,15,17H,9-14,16H2,1-3H3. The predicted molar refractivity (Wildman–Crippen MR) is 122 cm³/mol. The SMILES string of the molecule is CC1CCN(C(=O)c2ccc3c(c2)c2c(n3C(=O)N(C)C)CCN(C3=CC=C3)C2)CC1. The second-order valence-electron chi connectivity index (χ2n) is 9.27. The van der Waals surface area contributed by atoms with E-state index >= 15 is 0 Å². The van der Waals surface area contributed by atoms with Crippen LogP contribution in [0, 0.1) is 5.92 Å². The van der Waals surface area contributed by atoms with Crippen LogP contribution in [-0.2, 0) is 13.0 Å². The minimum Gasteiger partial charge on any atom is -0.367 e. The Bertz CT molecular complexity index is 1120. The maximum absolute atomic E-state index is 13.2. The van der Waals surface area contributed by atoms with Crippen LogP contribution >= 0.6 is 0 Å². The molecule has 162 valence electrons. The molecule has 3 aliphatic rings. The molecule has 0 N–H and O–H groups in total. The Balaban J connectivity index is 1.56. The van der Waals surface area contributed by atoms with Gasteiger partial charge >= 0.3 is 6.03 Å². The number of likely N-dealkylation sites (tertiary alicyclic amines) is 1. The van der Waals surface area contributed by atoms with Gasteiger partial charge in [-0.15, -0.1) is 0 Å². The molecule has 0 atom stereocenters. The smallest absolute Gasteiger partial charge is 0.328 e. The summed E-state index contributed by atoms with van der Waals surface area (Å²) in [5, 5.41) is 1.02. The third-order valence-corrected chi connectivity index (χ3v) is 6.94. The zero-order valence-electron chi connectivity index (χ0n) is 18.6. The van der Waals surface area contributed by atoms with Gasteiger partial charge < -0.3 is 14.7 Å². The molecule has 1 aromatic carbocycles. The molecule has 5 rings (SSSR count). The molecule has 6 heteroatoms. The minimum atomic E-state index is -0.0356. The number of aromatic nitrogens is 1. The number of hydrogen-bond acceptors (Lipinski definition) is 3. The molecule has 2 aliphatic heterocycles. The van der Waals surface area contributed by atoms with Crippen molar-refractivity contribution in [1.29, 1.82) is 0 Å². The van der Waals surface area contributed by atoms with Gasteiger partial charge in [0.15, 0.2) is 0 Å². The van der Waals surface area contributed by atoms with Crippen molar-refractivity contribution in [2.24, 2.45) is 5.92 Å².